The average molecular weight is 156 g/mol. The van der Waals surface area contributed by atoms with Crippen molar-refractivity contribution in [1.82, 2.24) is 0 Å². The largest absolute Gasteiger partial charge is 0.458 e. The van der Waals surface area contributed by atoms with Crippen molar-refractivity contribution in [2.75, 3.05) is 0 Å². The molecular formula is C4F4O2. The van der Waals surface area contributed by atoms with Crippen molar-refractivity contribution < 1.29 is 27.2 Å². The molecule has 0 aromatic rings. The Kier molecular flexibility index (Phi) is 2.31. The Bertz CT molecular complexity index is 198. The number of halogens is 4. The lowest BCUT2D eigenvalue weighted by Gasteiger charge is -1.98. The fourth-order valence-electron chi connectivity index (χ4n) is 0.171. The number of ketones is 1. The number of carbonyl (C=O) groups is 1. The molecule has 0 radical (unpaired) electrons. The Balaban J connectivity index is 4.55. The molecule has 2 nitrogen and oxygen atoms in total. The molecule has 56 valence electrons. The van der Waals surface area contributed by atoms with Crippen LogP contribution in [0.5, 0.6) is 0 Å². The minimum absolute atomic E-state index is 0.202. The van der Waals surface area contributed by atoms with E-state index in [1.54, 1.807) is 0 Å². The summed E-state index contributed by atoms with van der Waals surface area (Å²) in [6.45, 7) is 0. The van der Waals surface area contributed by atoms with Crippen molar-refractivity contribution in [2.24, 2.45) is 0 Å². The van der Waals surface area contributed by atoms with Crippen molar-refractivity contribution in [3.8, 4) is 0 Å². The van der Waals surface area contributed by atoms with Gasteiger partial charge in [0.1, 0.15) is 0 Å². The van der Waals surface area contributed by atoms with Crippen molar-refractivity contribution in [3.63, 3.8) is 0 Å². The quantitative estimate of drug-likeness (QED) is 0.319. The Morgan fingerprint density at radius 2 is 1.70 bits per heavy atom. The van der Waals surface area contributed by atoms with E-state index in [0.717, 1.165) is 0 Å². The van der Waals surface area contributed by atoms with Gasteiger partial charge in [0.25, 0.3) is 5.83 Å². The Morgan fingerprint density at radius 3 is 1.80 bits per heavy atom. The summed E-state index contributed by atoms with van der Waals surface area (Å²) in [6.07, 6.45) is -5.33. The molecule has 0 atom stereocenters. The smallest absolute Gasteiger partial charge is 0.280 e. The summed E-state index contributed by atoms with van der Waals surface area (Å²) in [4.78, 5) is 18.7. The zero-order valence-corrected chi connectivity index (χ0v) is 4.33. The molecule has 6 heteroatoms. The van der Waals surface area contributed by atoms with Crippen molar-refractivity contribution in [1.29, 1.82) is 0 Å². The number of alkyl halides is 3. The normalized spacial score (nSPS) is 10.4. The minimum atomic E-state index is -5.33. The van der Waals surface area contributed by atoms with Crippen LogP contribution in [0.15, 0.2) is 5.83 Å². The van der Waals surface area contributed by atoms with Gasteiger partial charge in [0.15, 0.2) is 5.94 Å². The van der Waals surface area contributed by atoms with Crippen LogP contribution < -0.4 is 0 Å². The maximum atomic E-state index is 11.4. The Morgan fingerprint density at radius 1 is 1.30 bits per heavy atom. The van der Waals surface area contributed by atoms with E-state index in [4.69, 9.17) is 4.79 Å². The second-order valence-corrected chi connectivity index (χ2v) is 1.24. The summed E-state index contributed by atoms with van der Waals surface area (Å²) >= 11 is 0. The van der Waals surface area contributed by atoms with Gasteiger partial charge in [-0.2, -0.15) is 17.6 Å². The van der Waals surface area contributed by atoms with Gasteiger partial charge in [-0.05, 0) is 0 Å². The van der Waals surface area contributed by atoms with Crippen LogP contribution in [0, 0.1) is 0 Å². The topological polar surface area (TPSA) is 34.1 Å². The number of carbonyl (C=O) groups excluding carboxylic acids is 2. The lowest BCUT2D eigenvalue weighted by Crippen LogP contribution is -2.23. The van der Waals surface area contributed by atoms with Gasteiger partial charge in [-0.3, -0.25) is 4.79 Å². The third-order valence-corrected chi connectivity index (χ3v) is 0.546. The molecule has 0 aromatic carbocycles. The second-order valence-electron chi connectivity index (χ2n) is 1.24. The van der Waals surface area contributed by atoms with E-state index in [1.807, 2.05) is 0 Å². The molecule has 0 bridgehead atoms. The minimum Gasteiger partial charge on any atom is -0.280 e. The molecule has 0 aliphatic carbocycles. The predicted molar refractivity (Wildman–Crippen MR) is 21.4 cm³/mol. The highest BCUT2D eigenvalue weighted by Crippen LogP contribution is 2.19. The zero-order valence-electron chi connectivity index (χ0n) is 4.33. The first-order valence-electron chi connectivity index (χ1n) is 1.91. The maximum absolute atomic E-state index is 11.4. The third-order valence-electron chi connectivity index (χ3n) is 0.546. The van der Waals surface area contributed by atoms with Gasteiger partial charge in [-0.15, -0.1) is 0 Å². The van der Waals surface area contributed by atoms with Crippen LogP contribution in [0.2, 0.25) is 0 Å². The number of hydrogen-bond donors (Lipinski definition) is 0. The summed E-state index contributed by atoms with van der Waals surface area (Å²) in [7, 11) is 0. The first kappa shape index (κ1) is 8.84. The molecule has 0 spiro atoms. The molecule has 0 heterocycles. The lowest BCUT2D eigenvalue weighted by atomic mass is 10.3. The fourth-order valence-corrected chi connectivity index (χ4v) is 0.171. The van der Waals surface area contributed by atoms with Crippen molar-refractivity contribution in [2.45, 2.75) is 6.18 Å². The van der Waals surface area contributed by atoms with E-state index in [-0.39, 0.29) is 5.94 Å². The molecule has 0 unspecified atom stereocenters. The lowest BCUT2D eigenvalue weighted by molar-refractivity contribution is -0.167. The van der Waals surface area contributed by atoms with Crippen LogP contribution in [0.1, 0.15) is 0 Å². The number of Topliss-reactive ketones (excluding diaryl/α,β-unsaturated/α-hetero) is 1. The van der Waals surface area contributed by atoms with Crippen LogP contribution >= 0.6 is 0 Å². The highest BCUT2D eigenvalue weighted by Gasteiger charge is 2.42. The molecule has 0 saturated heterocycles. The molecule has 0 fully saturated rings. The van der Waals surface area contributed by atoms with E-state index in [0.29, 0.717) is 0 Å². The summed E-state index contributed by atoms with van der Waals surface area (Å²) in [5, 5.41) is 0. The van der Waals surface area contributed by atoms with E-state index in [9.17, 15) is 22.4 Å². The van der Waals surface area contributed by atoms with Crippen LogP contribution in [0.25, 0.3) is 0 Å². The molecule has 0 saturated carbocycles. The van der Waals surface area contributed by atoms with Crippen LogP contribution in [0.4, 0.5) is 17.6 Å². The molecule has 0 aliphatic heterocycles. The third kappa shape index (κ3) is 1.99. The number of rotatable bonds is 1. The second kappa shape index (κ2) is 2.62. The predicted octanol–water partition coefficient (Wildman–Crippen LogP) is 0.803. The first-order valence-corrected chi connectivity index (χ1v) is 1.91. The van der Waals surface area contributed by atoms with Crippen LogP contribution in [0.3, 0.4) is 0 Å². The highest BCUT2D eigenvalue weighted by atomic mass is 19.4. The molecule has 0 N–H and O–H groups in total. The Labute approximate surface area is 52.1 Å². The van der Waals surface area contributed by atoms with Gasteiger partial charge in [-0.25, -0.2) is 4.79 Å². The average Bonchev–Trinajstić information content (AvgIpc) is 1.83. The van der Waals surface area contributed by atoms with E-state index in [2.05, 4.69) is 0 Å². The van der Waals surface area contributed by atoms with Crippen LogP contribution in [-0.4, -0.2) is 17.9 Å². The number of hydrogen-bond acceptors (Lipinski definition) is 2. The molecule has 0 aliphatic rings. The van der Waals surface area contributed by atoms with Gasteiger partial charge in [0.05, 0.1) is 0 Å². The van der Waals surface area contributed by atoms with Crippen molar-refractivity contribution >= 4 is 11.7 Å². The van der Waals surface area contributed by atoms with Gasteiger partial charge in [-0.1, -0.05) is 0 Å². The molecule has 0 aromatic heterocycles. The standard InChI is InChI=1S/C4F4O2/c5-2(1-9)3(10)4(6,7)8. The fraction of sp³-hybridized carbons (Fsp3) is 0.250. The van der Waals surface area contributed by atoms with E-state index >= 15 is 0 Å². The van der Waals surface area contributed by atoms with E-state index < -0.39 is 17.8 Å². The molecule has 0 rings (SSSR count). The summed E-state index contributed by atoms with van der Waals surface area (Å²) in [6, 6.07) is 0. The van der Waals surface area contributed by atoms with Gasteiger partial charge >= 0.3 is 12.0 Å². The highest BCUT2D eigenvalue weighted by molar-refractivity contribution is 6.03. The summed E-state index contributed by atoms with van der Waals surface area (Å²) in [5.74, 6) is -5.05. The maximum Gasteiger partial charge on any atom is 0.458 e. The summed E-state index contributed by atoms with van der Waals surface area (Å²) in [5.41, 5.74) is 0. The van der Waals surface area contributed by atoms with Crippen molar-refractivity contribution in [3.05, 3.63) is 5.83 Å². The molecule has 10 heavy (non-hydrogen) atoms. The van der Waals surface area contributed by atoms with Gasteiger partial charge in [0.2, 0.25) is 0 Å². The summed E-state index contributed by atoms with van der Waals surface area (Å²) < 4.78 is 44.7. The number of allylic oxidation sites excluding steroid dienone is 1. The zero-order chi connectivity index (χ0) is 8.36. The SMILES string of the molecule is O=C=C(F)C(=O)C(F)(F)F. The van der Waals surface area contributed by atoms with E-state index in [1.165, 1.54) is 0 Å². The monoisotopic (exact) mass is 156 g/mol. The molecule has 0 amide bonds. The van der Waals surface area contributed by atoms with Gasteiger partial charge < -0.3 is 0 Å². The molecular weight excluding hydrogens is 156 g/mol. The van der Waals surface area contributed by atoms with Crippen LogP contribution in [-0.2, 0) is 9.59 Å². The Hall–Kier alpha value is -1.16. The van der Waals surface area contributed by atoms with Gasteiger partial charge in [0, 0.05) is 0 Å². The first-order chi connectivity index (χ1) is 4.39.